The Hall–Kier alpha value is -1.60. The van der Waals surface area contributed by atoms with E-state index in [1.807, 2.05) is 0 Å². The molecule has 21 heavy (non-hydrogen) atoms. The van der Waals surface area contributed by atoms with Gasteiger partial charge < -0.3 is 14.7 Å². The van der Waals surface area contributed by atoms with E-state index in [0.29, 0.717) is 23.6 Å². The average Bonchev–Trinajstić information content (AvgIpc) is 2.47. The lowest BCUT2D eigenvalue weighted by Crippen LogP contribution is -2.49. The second-order valence-corrected chi connectivity index (χ2v) is 5.52. The molecule has 0 aromatic heterocycles. The molecule has 1 unspecified atom stereocenters. The van der Waals surface area contributed by atoms with Gasteiger partial charge in [-0.05, 0) is 24.5 Å². The number of halogens is 1. The first kappa shape index (κ1) is 15.8. The minimum absolute atomic E-state index is 0.164. The van der Waals surface area contributed by atoms with Gasteiger partial charge in [-0.15, -0.1) is 11.8 Å². The van der Waals surface area contributed by atoms with E-state index < -0.39 is 12.0 Å². The molecule has 1 aromatic carbocycles. The zero-order valence-corrected chi connectivity index (χ0v) is 12.4. The van der Waals surface area contributed by atoms with Crippen molar-refractivity contribution in [2.75, 3.05) is 26.0 Å². The van der Waals surface area contributed by atoms with Crippen molar-refractivity contribution in [2.24, 2.45) is 0 Å². The van der Waals surface area contributed by atoms with Crippen molar-refractivity contribution in [2.45, 2.75) is 17.4 Å². The fraction of sp³-hybridized carbons (Fsp3) is 0.429. The van der Waals surface area contributed by atoms with Gasteiger partial charge >= 0.3 is 5.97 Å². The van der Waals surface area contributed by atoms with Crippen LogP contribution in [0.1, 0.15) is 16.8 Å². The smallest absolute Gasteiger partial charge is 0.305 e. The molecule has 1 fully saturated rings. The molecule has 1 aliphatic rings. The summed E-state index contributed by atoms with van der Waals surface area (Å²) in [6.07, 6.45) is 1.57. The minimum Gasteiger partial charge on any atom is -0.481 e. The van der Waals surface area contributed by atoms with Gasteiger partial charge in [0.15, 0.2) is 0 Å². The summed E-state index contributed by atoms with van der Waals surface area (Å²) in [4.78, 5) is 25.3. The largest absolute Gasteiger partial charge is 0.481 e. The molecular weight excluding hydrogens is 297 g/mol. The van der Waals surface area contributed by atoms with E-state index >= 15 is 0 Å². The zero-order valence-electron chi connectivity index (χ0n) is 11.5. The number of hydrogen-bond acceptors (Lipinski definition) is 4. The normalized spacial score (nSPS) is 18.6. The van der Waals surface area contributed by atoms with Crippen LogP contribution in [0, 0.1) is 5.82 Å². The maximum absolute atomic E-state index is 13.5. The van der Waals surface area contributed by atoms with Crippen LogP contribution in [0.15, 0.2) is 23.1 Å². The van der Waals surface area contributed by atoms with E-state index in [1.165, 1.54) is 34.9 Å². The van der Waals surface area contributed by atoms with Crippen LogP contribution in [0.5, 0.6) is 0 Å². The fourth-order valence-corrected chi connectivity index (χ4v) is 2.76. The van der Waals surface area contributed by atoms with E-state index in [9.17, 15) is 14.0 Å². The highest BCUT2D eigenvalue weighted by Crippen LogP contribution is 2.22. The van der Waals surface area contributed by atoms with Crippen LogP contribution in [0.3, 0.4) is 0 Å². The summed E-state index contributed by atoms with van der Waals surface area (Å²) in [7, 11) is 0. The molecule has 1 N–H and O–H groups in total. The van der Waals surface area contributed by atoms with Crippen LogP contribution in [0.4, 0.5) is 4.39 Å². The van der Waals surface area contributed by atoms with E-state index in [0.717, 1.165) is 0 Å². The second-order valence-electron chi connectivity index (χ2n) is 4.67. The van der Waals surface area contributed by atoms with Crippen molar-refractivity contribution < 1.29 is 23.8 Å². The van der Waals surface area contributed by atoms with Crippen LogP contribution in [0.25, 0.3) is 0 Å². The lowest BCUT2D eigenvalue weighted by molar-refractivity contribution is -0.139. The van der Waals surface area contributed by atoms with Crippen molar-refractivity contribution in [1.29, 1.82) is 0 Å². The van der Waals surface area contributed by atoms with Gasteiger partial charge in [0.25, 0.3) is 5.91 Å². The number of carboxylic acid groups (broad SMARTS) is 1. The first-order valence-electron chi connectivity index (χ1n) is 6.47. The molecule has 1 aliphatic heterocycles. The summed E-state index contributed by atoms with van der Waals surface area (Å²) >= 11 is 1.22. The first-order chi connectivity index (χ1) is 10.0. The third-order valence-corrected chi connectivity index (χ3v) is 4.05. The minimum atomic E-state index is -0.979. The van der Waals surface area contributed by atoms with Gasteiger partial charge in [-0.2, -0.15) is 0 Å². The number of amides is 1. The number of nitrogens with zero attached hydrogens (tertiary/aromatic N) is 1. The van der Waals surface area contributed by atoms with Crippen molar-refractivity contribution in [3.05, 3.63) is 29.6 Å². The quantitative estimate of drug-likeness (QED) is 0.860. The number of thioether (sulfide) groups is 1. The molecule has 0 aliphatic carbocycles. The maximum Gasteiger partial charge on any atom is 0.305 e. The Morgan fingerprint density at radius 1 is 1.52 bits per heavy atom. The number of carboxylic acids is 1. The average molecular weight is 313 g/mol. The molecule has 1 amide bonds. The predicted octanol–water partition coefficient (Wildman–Crippen LogP) is 1.86. The summed E-state index contributed by atoms with van der Waals surface area (Å²) in [5, 5.41) is 8.91. The molecular formula is C14H16FNO4S. The highest BCUT2D eigenvalue weighted by atomic mass is 32.2. The first-order valence-corrected chi connectivity index (χ1v) is 7.69. The molecule has 0 saturated carbocycles. The van der Waals surface area contributed by atoms with Gasteiger partial charge in [0, 0.05) is 17.0 Å². The van der Waals surface area contributed by atoms with Gasteiger partial charge in [-0.25, -0.2) is 4.39 Å². The van der Waals surface area contributed by atoms with Crippen LogP contribution in [0.2, 0.25) is 0 Å². The molecule has 1 heterocycles. The lowest BCUT2D eigenvalue weighted by Gasteiger charge is -2.35. The summed E-state index contributed by atoms with van der Waals surface area (Å²) < 4.78 is 18.7. The topological polar surface area (TPSA) is 66.8 Å². The number of rotatable bonds is 4. The Morgan fingerprint density at radius 2 is 2.29 bits per heavy atom. The van der Waals surface area contributed by atoms with Gasteiger partial charge in [-0.1, -0.05) is 0 Å². The highest BCUT2D eigenvalue weighted by Gasteiger charge is 2.30. The van der Waals surface area contributed by atoms with Gasteiger partial charge in [0.1, 0.15) is 5.82 Å². The molecule has 0 bridgehead atoms. The molecule has 0 radical (unpaired) electrons. The zero-order chi connectivity index (χ0) is 15.4. The molecule has 1 aromatic rings. The second kappa shape index (κ2) is 6.91. The Balaban J connectivity index is 2.22. The Labute approximate surface area is 126 Å². The standard InChI is InChI=1S/C14H16FNO4S/c1-21-12-6-9(2-3-11(12)15)14(19)16-4-5-20-8-10(16)7-13(17)18/h2-3,6,10H,4-5,7-8H2,1H3,(H,17,18). The number of carbonyl (C=O) groups excluding carboxylic acids is 1. The summed E-state index contributed by atoms with van der Waals surface area (Å²) in [5.41, 5.74) is 0.359. The maximum atomic E-state index is 13.5. The van der Waals surface area contributed by atoms with Crippen molar-refractivity contribution in [3.8, 4) is 0 Å². The number of hydrogen-bond donors (Lipinski definition) is 1. The van der Waals surface area contributed by atoms with E-state index in [2.05, 4.69) is 0 Å². The molecule has 114 valence electrons. The summed E-state index contributed by atoms with van der Waals surface area (Å²) in [6, 6.07) is 3.68. The molecule has 2 rings (SSSR count). The highest BCUT2D eigenvalue weighted by molar-refractivity contribution is 7.98. The number of benzene rings is 1. The number of carbonyl (C=O) groups is 2. The van der Waals surface area contributed by atoms with Gasteiger partial charge in [0.05, 0.1) is 25.7 Å². The molecule has 0 spiro atoms. The SMILES string of the molecule is CSc1cc(C(=O)N2CCOCC2CC(=O)O)ccc1F. The summed E-state index contributed by atoms with van der Waals surface area (Å²) in [5.74, 6) is -1.64. The van der Waals surface area contributed by atoms with E-state index in [4.69, 9.17) is 9.84 Å². The van der Waals surface area contributed by atoms with Crippen molar-refractivity contribution >= 4 is 23.6 Å². The number of ether oxygens (including phenoxy) is 1. The van der Waals surface area contributed by atoms with Gasteiger partial charge in [-0.3, -0.25) is 9.59 Å². The molecule has 1 saturated heterocycles. The van der Waals surface area contributed by atoms with E-state index in [1.54, 1.807) is 6.26 Å². The van der Waals surface area contributed by atoms with Crippen LogP contribution in [-0.4, -0.2) is 53.9 Å². The lowest BCUT2D eigenvalue weighted by atomic mass is 10.1. The Morgan fingerprint density at radius 3 is 2.95 bits per heavy atom. The predicted molar refractivity (Wildman–Crippen MR) is 76.1 cm³/mol. The number of morpholine rings is 1. The molecule has 7 heteroatoms. The van der Waals surface area contributed by atoms with Crippen LogP contribution >= 0.6 is 11.8 Å². The van der Waals surface area contributed by atoms with Crippen molar-refractivity contribution in [1.82, 2.24) is 4.90 Å². The van der Waals surface area contributed by atoms with Crippen LogP contribution in [-0.2, 0) is 9.53 Å². The van der Waals surface area contributed by atoms with Gasteiger partial charge in [0.2, 0.25) is 0 Å². The summed E-state index contributed by atoms with van der Waals surface area (Å²) in [6.45, 7) is 0.913. The van der Waals surface area contributed by atoms with Crippen LogP contribution < -0.4 is 0 Å². The number of aliphatic carboxylic acids is 1. The van der Waals surface area contributed by atoms with Crippen molar-refractivity contribution in [3.63, 3.8) is 0 Å². The Bertz CT molecular complexity index is 552. The third-order valence-electron chi connectivity index (χ3n) is 3.30. The monoisotopic (exact) mass is 313 g/mol. The molecule has 1 atom stereocenters. The van der Waals surface area contributed by atoms with E-state index in [-0.39, 0.29) is 24.8 Å². The fourth-order valence-electron chi connectivity index (χ4n) is 2.25. The Kier molecular flexibility index (Phi) is 5.19. The third kappa shape index (κ3) is 3.74. The molecule has 5 nitrogen and oxygen atoms in total.